The Labute approximate surface area is 156 Å². The van der Waals surface area contributed by atoms with E-state index >= 15 is 0 Å². The van der Waals surface area contributed by atoms with Gasteiger partial charge in [0.25, 0.3) is 0 Å². The minimum atomic E-state index is -1.38. The van der Waals surface area contributed by atoms with Gasteiger partial charge in [-0.1, -0.05) is 60.2 Å². The number of carbonyl (C=O) groups excluding carboxylic acids is 1. The number of aryl methyl sites for hydroxylation is 1. The van der Waals surface area contributed by atoms with Gasteiger partial charge in [-0.3, -0.25) is 9.00 Å². The second-order valence-corrected chi connectivity index (χ2v) is 7.45. The highest BCUT2D eigenvalue weighted by Gasteiger charge is 2.16. The maximum absolute atomic E-state index is 12.7. The molecule has 0 fully saturated rings. The molecule has 1 atom stereocenters. The third-order valence-electron chi connectivity index (χ3n) is 3.97. The molecule has 0 aliphatic carbocycles. The van der Waals surface area contributed by atoms with Crippen LogP contribution in [0.15, 0.2) is 83.8 Å². The highest BCUT2D eigenvalue weighted by molar-refractivity contribution is 7.85. The summed E-state index contributed by atoms with van der Waals surface area (Å²) in [7, 11) is -1.38. The van der Waals surface area contributed by atoms with Gasteiger partial charge in [0.1, 0.15) is 12.4 Å². The summed E-state index contributed by atoms with van der Waals surface area (Å²) in [6, 6.07) is 24.3. The quantitative estimate of drug-likeness (QED) is 0.577. The van der Waals surface area contributed by atoms with Crippen LogP contribution in [0.25, 0.3) is 0 Å². The molecule has 132 valence electrons. The Morgan fingerprint density at radius 1 is 0.885 bits per heavy atom. The zero-order valence-electron chi connectivity index (χ0n) is 14.6. The van der Waals surface area contributed by atoms with Crippen LogP contribution in [0.5, 0.6) is 5.75 Å². The molecular weight excluding hydrogens is 344 g/mol. The van der Waals surface area contributed by atoms with Gasteiger partial charge in [-0.05, 0) is 36.8 Å². The van der Waals surface area contributed by atoms with E-state index in [4.69, 9.17) is 4.74 Å². The molecule has 3 rings (SSSR count). The van der Waals surface area contributed by atoms with Crippen molar-refractivity contribution in [2.75, 3.05) is 5.75 Å². The Morgan fingerprint density at radius 2 is 1.54 bits per heavy atom. The fourth-order valence-electron chi connectivity index (χ4n) is 2.53. The van der Waals surface area contributed by atoms with Crippen molar-refractivity contribution < 1.29 is 13.7 Å². The molecule has 3 aromatic carbocycles. The Kier molecular flexibility index (Phi) is 5.97. The lowest BCUT2D eigenvalue weighted by Crippen LogP contribution is -2.13. The summed E-state index contributed by atoms with van der Waals surface area (Å²) < 4.78 is 18.3. The number of ether oxygens (including phenoxy) is 1. The Morgan fingerprint density at radius 3 is 2.27 bits per heavy atom. The molecule has 26 heavy (non-hydrogen) atoms. The van der Waals surface area contributed by atoms with Gasteiger partial charge >= 0.3 is 0 Å². The number of ketones is 1. The molecule has 0 amide bonds. The van der Waals surface area contributed by atoms with Crippen LogP contribution < -0.4 is 4.74 Å². The first kappa shape index (κ1) is 18.1. The molecule has 0 saturated heterocycles. The summed E-state index contributed by atoms with van der Waals surface area (Å²) in [5, 5.41) is 0. The Bertz CT molecular complexity index is 902. The van der Waals surface area contributed by atoms with Crippen LogP contribution in [-0.4, -0.2) is 15.7 Å². The molecule has 3 nitrogen and oxygen atoms in total. The van der Waals surface area contributed by atoms with Crippen molar-refractivity contribution in [1.29, 1.82) is 0 Å². The summed E-state index contributed by atoms with van der Waals surface area (Å²) in [4.78, 5) is 13.3. The number of rotatable bonds is 7. The van der Waals surface area contributed by atoms with Gasteiger partial charge in [0.15, 0.2) is 5.78 Å². The molecule has 3 aromatic rings. The third kappa shape index (κ3) is 4.67. The van der Waals surface area contributed by atoms with E-state index in [9.17, 15) is 9.00 Å². The second-order valence-electron chi connectivity index (χ2n) is 6.00. The highest BCUT2D eigenvalue weighted by atomic mass is 32.2. The Balaban J connectivity index is 1.71. The second kappa shape index (κ2) is 8.59. The summed E-state index contributed by atoms with van der Waals surface area (Å²) in [5.74, 6) is 0.268. The molecule has 0 heterocycles. The van der Waals surface area contributed by atoms with Crippen molar-refractivity contribution in [3.8, 4) is 5.75 Å². The standard InChI is InChI=1S/C22H20O3S/c1-17-11-13-19(14-12-17)26(24)16-21(23)20-9-5-6-10-22(20)25-15-18-7-3-2-4-8-18/h2-14H,15-16H2,1H3. The predicted molar refractivity (Wildman–Crippen MR) is 104 cm³/mol. The molecule has 0 aromatic heterocycles. The monoisotopic (exact) mass is 364 g/mol. The van der Waals surface area contributed by atoms with Gasteiger partial charge in [0, 0.05) is 4.90 Å². The summed E-state index contributed by atoms with van der Waals surface area (Å²) >= 11 is 0. The molecule has 0 aliphatic heterocycles. The zero-order chi connectivity index (χ0) is 18.4. The van der Waals surface area contributed by atoms with E-state index in [1.54, 1.807) is 30.3 Å². The highest BCUT2D eigenvalue weighted by Crippen LogP contribution is 2.21. The molecular formula is C22H20O3S. The summed E-state index contributed by atoms with van der Waals surface area (Å²) in [6.45, 7) is 2.35. The van der Waals surface area contributed by atoms with E-state index < -0.39 is 10.8 Å². The molecule has 0 radical (unpaired) electrons. The van der Waals surface area contributed by atoms with Gasteiger partial charge in [-0.25, -0.2) is 0 Å². The lowest BCUT2D eigenvalue weighted by Gasteiger charge is -2.11. The van der Waals surface area contributed by atoms with Crippen molar-refractivity contribution in [2.24, 2.45) is 0 Å². The first-order chi connectivity index (χ1) is 12.6. The number of Topliss-reactive ketones (excluding diaryl/α,β-unsaturated/α-hetero) is 1. The lowest BCUT2D eigenvalue weighted by atomic mass is 10.1. The van der Waals surface area contributed by atoms with E-state index in [1.165, 1.54) is 0 Å². The number of benzene rings is 3. The van der Waals surface area contributed by atoms with E-state index in [0.717, 1.165) is 11.1 Å². The minimum absolute atomic E-state index is 0.0607. The van der Waals surface area contributed by atoms with Crippen LogP contribution in [0.1, 0.15) is 21.5 Å². The van der Waals surface area contributed by atoms with E-state index in [0.29, 0.717) is 22.8 Å². The van der Waals surface area contributed by atoms with Crippen LogP contribution in [0.2, 0.25) is 0 Å². The molecule has 0 saturated carbocycles. The molecule has 1 unspecified atom stereocenters. The average Bonchev–Trinajstić information content (AvgIpc) is 2.68. The molecule has 4 heteroatoms. The predicted octanol–water partition coefficient (Wildman–Crippen LogP) is 4.56. The first-order valence-electron chi connectivity index (χ1n) is 8.37. The van der Waals surface area contributed by atoms with Gasteiger partial charge in [0.2, 0.25) is 0 Å². The minimum Gasteiger partial charge on any atom is -0.488 e. The van der Waals surface area contributed by atoms with Crippen molar-refractivity contribution in [3.05, 3.63) is 95.6 Å². The summed E-state index contributed by atoms with van der Waals surface area (Å²) in [5.41, 5.74) is 2.58. The van der Waals surface area contributed by atoms with E-state index in [2.05, 4.69) is 0 Å². The van der Waals surface area contributed by atoms with Crippen molar-refractivity contribution >= 4 is 16.6 Å². The van der Waals surface area contributed by atoms with Crippen LogP contribution in [0, 0.1) is 6.92 Å². The van der Waals surface area contributed by atoms with Crippen LogP contribution in [-0.2, 0) is 17.4 Å². The van der Waals surface area contributed by atoms with Gasteiger partial charge < -0.3 is 4.74 Å². The average molecular weight is 364 g/mol. The fraction of sp³-hybridized carbons (Fsp3) is 0.136. The van der Waals surface area contributed by atoms with Gasteiger partial charge in [0.05, 0.1) is 22.1 Å². The van der Waals surface area contributed by atoms with Crippen LogP contribution >= 0.6 is 0 Å². The largest absolute Gasteiger partial charge is 0.488 e. The smallest absolute Gasteiger partial charge is 0.179 e. The Hall–Kier alpha value is -2.72. The number of hydrogen-bond donors (Lipinski definition) is 0. The maximum atomic E-state index is 12.7. The lowest BCUT2D eigenvalue weighted by molar-refractivity contribution is 0.101. The van der Waals surface area contributed by atoms with Crippen LogP contribution in [0.3, 0.4) is 0 Å². The van der Waals surface area contributed by atoms with Crippen LogP contribution in [0.4, 0.5) is 0 Å². The number of para-hydroxylation sites is 1. The van der Waals surface area contributed by atoms with E-state index in [-0.39, 0.29) is 11.5 Å². The molecule has 0 spiro atoms. The zero-order valence-corrected chi connectivity index (χ0v) is 15.4. The van der Waals surface area contributed by atoms with E-state index in [1.807, 2.05) is 55.5 Å². The topological polar surface area (TPSA) is 43.4 Å². The van der Waals surface area contributed by atoms with Crippen molar-refractivity contribution in [2.45, 2.75) is 18.4 Å². The fourth-order valence-corrected chi connectivity index (χ4v) is 3.53. The first-order valence-corrected chi connectivity index (χ1v) is 9.69. The summed E-state index contributed by atoms with van der Waals surface area (Å²) in [6.07, 6.45) is 0. The van der Waals surface area contributed by atoms with Crippen molar-refractivity contribution in [3.63, 3.8) is 0 Å². The van der Waals surface area contributed by atoms with Gasteiger partial charge in [-0.2, -0.15) is 0 Å². The third-order valence-corrected chi connectivity index (χ3v) is 5.29. The SMILES string of the molecule is Cc1ccc(S(=O)CC(=O)c2ccccc2OCc2ccccc2)cc1. The number of carbonyl (C=O) groups is 1. The maximum Gasteiger partial charge on any atom is 0.179 e. The molecule has 0 N–H and O–H groups in total. The number of hydrogen-bond acceptors (Lipinski definition) is 3. The molecule has 0 aliphatic rings. The normalized spacial score (nSPS) is 11.7. The van der Waals surface area contributed by atoms with Gasteiger partial charge in [-0.15, -0.1) is 0 Å². The molecule has 0 bridgehead atoms. The van der Waals surface area contributed by atoms with Crippen molar-refractivity contribution in [1.82, 2.24) is 0 Å².